The Hall–Kier alpha value is -4.62. The van der Waals surface area contributed by atoms with Crippen molar-refractivity contribution < 1.29 is 9.47 Å². The zero-order valence-electron chi connectivity index (χ0n) is 24.7. The van der Waals surface area contributed by atoms with Gasteiger partial charge in [-0.05, 0) is 49.9 Å². The molecule has 1 aliphatic heterocycles. The molecule has 0 radical (unpaired) electrons. The van der Waals surface area contributed by atoms with Crippen molar-refractivity contribution in [2.75, 3.05) is 30.9 Å². The molecule has 0 unspecified atom stereocenters. The first kappa shape index (κ1) is 29.9. The number of nitrogens with zero attached hydrogens (tertiary/aromatic N) is 7. The summed E-state index contributed by atoms with van der Waals surface area (Å²) in [5, 5.41) is 22.0. The average molecular weight is 594 g/mol. The van der Waals surface area contributed by atoms with Gasteiger partial charge < -0.3 is 14.4 Å². The summed E-state index contributed by atoms with van der Waals surface area (Å²) < 4.78 is 13.4. The summed E-state index contributed by atoms with van der Waals surface area (Å²) in [5.41, 5.74) is 5.32. The van der Waals surface area contributed by atoms with Gasteiger partial charge in [-0.1, -0.05) is 30.3 Å². The standard InChI is InChI=1S/C25H25N7O2.C8H10S/c1-3-33-21-12-22(25-19(13-26)15-28-32(25)16-21)18-5-6-23(27-14-18)31-10-8-20(9-11-31)34-24-7-4-17(2)29-30-24;1-9-7-8-5-3-2-4-6-8/h4-7,12,14-16,20H,3,8-11H2,1-2H3;2-6H,7H2,1H3. The van der Waals surface area contributed by atoms with Gasteiger partial charge in [-0.15, -0.1) is 5.10 Å². The van der Waals surface area contributed by atoms with Crippen molar-refractivity contribution in [2.45, 2.75) is 38.5 Å². The summed E-state index contributed by atoms with van der Waals surface area (Å²) in [6.07, 6.45) is 9.22. The number of rotatable bonds is 8. The Labute approximate surface area is 256 Å². The fourth-order valence-corrected chi connectivity index (χ4v) is 5.47. The third-order valence-electron chi connectivity index (χ3n) is 7.06. The number of pyridine rings is 2. The minimum atomic E-state index is 0.119. The fraction of sp³-hybridized carbons (Fsp3) is 0.303. The van der Waals surface area contributed by atoms with Gasteiger partial charge >= 0.3 is 0 Å². The number of nitriles is 1. The van der Waals surface area contributed by atoms with Crippen LogP contribution in [0.1, 0.15) is 36.6 Å². The number of thioether (sulfide) groups is 1. The van der Waals surface area contributed by atoms with Gasteiger partial charge in [-0.2, -0.15) is 27.2 Å². The highest BCUT2D eigenvalue weighted by atomic mass is 32.2. The van der Waals surface area contributed by atoms with E-state index < -0.39 is 0 Å². The molecule has 5 aromatic rings. The first-order valence-electron chi connectivity index (χ1n) is 14.3. The first-order chi connectivity index (χ1) is 21.1. The van der Waals surface area contributed by atoms with E-state index in [1.807, 2.05) is 68.2 Å². The molecular formula is C33H35N7O2S. The van der Waals surface area contributed by atoms with Crippen LogP contribution in [0.15, 0.2) is 79.3 Å². The van der Waals surface area contributed by atoms with Crippen LogP contribution in [-0.2, 0) is 5.75 Å². The van der Waals surface area contributed by atoms with Crippen LogP contribution in [0.2, 0.25) is 0 Å². The van der Waals surface area contributed by atoms with Gasteiger partial charge in [0.2, 0.25) is 5.88 Å². The van der Waals surface area contributed by atoms with Crippen LogP contribution in [-0.4, -0.2) is 56.9 Å². The lowest BCUT2D eigenvalue weighted by atomic mass is 10.0. The number of fused-ring (bicyclic) bond motifs is 1. The average Bonchev–Trinajstić information content (AvgIpc) is 3.47. The Morgan fingerprint density at radius 3 is 2.49 bits per heavy atom. The van der Waals surface area contributed by atoms with E-state index in [2.05, 4.69) is 56.8 Å². The quantitative estimate of drug-likeness (QED) is 0.203. The molecule has 220 valence electrons. The molecule has 5 heterocycles. The van der Waals surface area contributed by atoms with Crippen LogP contribution in [0.4, 0.5) is 5.82 Å². The molecule has 1 aliphatic rings. The molecule has 0 atom stereocenters. The maximum atomic E-state index is 9.53. The number of ether oxygens (including phenoxy) is 2. The smallest absolute Gasteiger partial charge is 0.233 e. The fourth-order valence-electron chi connectivity index (χ4n) is 4.94. The SMILES string of the molecule is CCOc1cc(-c2ccc(N3CCC(Oc4ccc(C)nn4)CC3)nc2)c2c(C#N)cnn2c1.CSCc1ccccc1. The summed E-state index contributed by atoms with van der Waals surface area (Å²) >= 11 is 1.85. The van der Waals surface area contributed by atoms with Crippen molar-refractivity contribution in [1.29, 1.82) is 5.26 Å². The van der Waals surface area contributed by atoms with E-state index >= 15 is 0 Å². The Balaban J connectivity index is 0.000000351. The van der Waals surface area contributed by atoms with Gasteiger partial charge in [-0.3, -0.25) is 0 Å². The largest absolute Gasteiger partial charge is 0.492 e. The second kappa shape index (κ2) is 14.5. The summed E-state index contributed by atoms with van der Waals surface area (Å²) in [6.45, 7) is 6.09. The molecule has 0 N–H and O–H groups in total. The van der Waals surface area contributed by atoms with Gasteiger partial charge in [0.1, 0.15) is 23.7 Å². The summed E-state index contributed by atoms with van der Waals surface area (Å²) in [7, 11) is 0. The molecule has 0 aliphatic carbocycles. The number of aromatic nitrogens is 5. The summed E-state index contributed by atoms with van der Waals surface area (Å²) in [5.74, 6) is 3.31. The molecule has 1 saturated heterocycles. The predicted octanol–water partition coefficient (Wildman–Crippen LogP) is 6.36. The van der Waals surface area contributed by atoms with Crippen molar-refractivity contribution in [1.82, 2.24) is 24.8 Å². The zero-order chi connectivity index (χ0) is 30.0. The van der Waals surface area contributed by atoms with E-state index in [0.717, 1.165) is 59.8 Å². The number of hydrogen-bond acceptors (Lipinski definition) is 9. The van der Waals surface area contributed by atoms with Gasteiger partial charge in [-0.25, -0.2) is 9.50 Å². The highest BCUT2D eigenvalue weighted by Gasteiger charge is 2.22. The first-order valence-corrected chi connectivity index (χ1v) is 15.7. The van der Waals surface area contributed by atoms with Crippen LogP contribution in [0.25, 0.3) is 16.6 Å². The molecule has 0 spiro atoms. The van der Waals surface area contributed by atoms with E-state index in [0.29, 0.717) is 23.8 Å². The van der Waals surface area contributed by atoms with Gasteiger partial charge in [0.05, 0.1) is 35.8 Å². The van der Waals surface area contributed by atoms with Crippen LogP contribution < -0.4 is 14.4 Å². The van der Waals surface area contributed by atoms with Crippen LogP contribution in [0.5, 0.6) is 11.6 Å². The molecule has 1 fully saturated rings. The van der Waals surface area contributed by atoms with E-state index in [4.69, 9.17) is 14.5 Å². The number of benzene rings is 1. The van der Waals surface area contributed by atoms with Crippen molar-refractivity contribution in [3.63, 3.8) is 0 Å². The molecule has 43 heavy (non-hydrogen) atoms. The normalized spacial score (nSPS) is 13.2. The maximum Gasteiger partial charge on any atom is 0.233 e. The molecule has 10 heteroatoms. The van der Waals surface area contributed by atoms with E-state index in [-0.39, 0.29) is 6.10 Å². The van der Waals surface area contributed by atoms with Gasteiger partial charge in [0.15, 0.2) is 0 Å². The Morgan fingerprint density at radius 2 is 1.84 bits per heavy atom. The minimum Gasteiger partial charge on any atom is -0.492 e. The Morgan fingerprint density at radius 1 is 1.02 bits per heavy atom. The Bertz CT molecular complexity index is 1640. The molecule has 0 amide bonds. The number of anilines is 1. The van der Waals surface area contributed by atoms with E-state index in [1.165, 1.54) is 5.56 Å². The Kier molecular flexibility index (Phi) is 10.1. The van der Waals surface area contributed by atoms with Crippen molar-refractivity contribution in [3.8, 4) is 28.8 Å². The second-order valence-electron chi connectivity index (χ2n) is 10.1. The predicted molar refractivity (Wildman–Crippen MR) is 171 cm³/mol. The lowest BCUT2D eigenvalue weighted by Gasteiger charge is -2.32. The second-order valence-corrected chi connectivity index (χ2v) is 11.0. The molecule has 0 bridgehead atoms. The lowest BCUT2D eigenvalue weighted by Crippen LogP contribution is -2.38. The monoisotopic (exact) mass is 593 g/mol. The molecule has 4 aromatic heterocycles. The number of hydrogen-bond donors (Lipinski definition) is 0. The minimum absolute atomic E-state index is 0.119. The molecule has 0 saturated carbocycles. The van der Waals surface area contributed by atoms with Crippen LogP contribution >= 0.6 is 11.8 Å². The third-order valence-corrected chi connectivity index (χ3v) is 7.68. The molecule has 6 rings (SSSR count). The van der Waals surface area contributed by atoms with E-state index in [9.17, 15) is 5.26 Å². The van der Waals surface area contributed by atoms with Crippen molar-refractivity contribution in [3.05, 3.63) is 96.1 Å². The lowest BCUT2D eigenvalue weighted by molar-refractivity contribution is 0.162. The molecule has 9 nitrogen and oxygen atoms in total. The number of piperidine rings is 1. The van der Waals surface area contributed by atoms with Crippen LogP contribution in [0, 0.1) is 18.3 Å². The zero-order valence-corrected chi connectivity index (χ0v) is 25.5. The molecule has 1 aromatic carbocycles. The third kappa shape index (κ3) is 7.62. The summed E-state index contributed by atoms with van der Waals surface area (Å²) in [6, 6.07) is 22.5. The highest BCUT2D eigenvalue weighted by molar-refractivity contribution is 7.97. The van der Waals surface area contributed by atoms with E-state index in [1.54, 1.807) is 16.9 Å². The van der Waals surface area contributed by atoms with Crippen molar-refractivity contribution >= 4 is 23.1 Å². The topological polar surface area (TPSA) is 101 Å². The van der Waals surface area contributed by atoms with Crippen molar-refractivity contribution in [2.24, 2.45) is 0 Å². The van der Waals surface area contributed by atoms with Gasteiger partial charge in [0, 0.05) is 55.1 Å². The summed E-state index contributed by atoms with van der Waals surface area (Å²) in [4.78, 5) is 6.99. The number of aryl methyl sites for hydroxylation is 1. The van der Waals surface area contributed by atoms with Crippen LogP contribution in [0.3, 0.4) is 0 Å². The maximum absolute atomic E-state index is 9.53. The van der Waals surface area contributed by atoms with Gasteiger partial charge in [0.25, 0.3) is 0 Å². The molecular weight excluding hydrogens is 558 g/mol. The highest BCUT2D eigenvalue weighted by Crippen LogP contribution is 2.31.